The van der Waals surface area contributed by atoms with E-state index < -0.39 is 0 Å². The number of rotatable bonds is 10. The molecule has 0 bridgehead atoms. The quantitative estimate of drug-likeness (QED) is 0.496. The van der Waals surface area contributed by atoms with Gasteiger partial charge >= 0.3 is 0 Å². The van der Waals surface area contributed by atoms with E-state index in [4.69, 9.17) is 4.98 Å². The van der Waals surface area contributed by atoms with Crippen LogP contribution in [0.5, 0.6) is 0 Å². The van der Waals surface area contributed by atoms with E-state index in [-0.39, 0.29) is 0 Å². The van der Waals surface area contributed by atoms with Crippen molar-refractivity contribution in [2.24, 2.45) is 0 Å². The lowest BCUT2D eigenvalue weighted by molar-refractivity contribution is 0.367. The highest BCUT2D eigenvalue weighted by molar-refractivity contribution is 5.86. The molecule has 0 fully saturated rings. The fourth-order valence-electron chi connectivity index (χ4n) is 2.85. The molecule has 150 valence electrons. The number of aromatic amines is 1. The van der Waals surface area contributed by atoms with Crippen molar-refractivity contribution in [3.8, 4) is 11.4 Å². The molecule has 0 saturated carbocycles. The maximum Gasteiger partial charge on any atom is 0.183 e. The molecule has 0 aliphatic heterocycles. The van der Waals surface area contributed by atoms with E-state index in [2.05, 4.69) is 69.5 Å². The van der Waals surface area contributed by atoms with Gasteiger partial charge < -0.3 is 25.4 Å². The summed E-state index contributed by atoms with van der Waals surface area (Å²) < 4.78 is 0. The maximum atomic E-state index is 4.81. The minimum absolute atomic E-state index is 0.666. The SMILES string of the molecule is CCN(C)CCNc1nc(-c2ccccc2NCCN(C)C)nc2nc[nH]c12. The Labute approximate surface area is 166 Å². The number of likely N-dealkylation sites (N-methyl/N-ethyl adjacent to an activating group) is 2. The Morgan fingerprint density at radius 3 is 2.57 bits per heavy atom. The Kier molecular flexibility index (Phi) is 6.78. The number of nitrogens with zero attached hydrogens (tertiary/aromatic N) is 5. The summed E-state index contributed by atoms with van der Waals surface area (Å²) >= 11 is 0. The van der Waals surface area contributed by atoms with E-state index in [1.807, 2.05) is 18.2 Å². The first-order valence-corrected chi connectivity index (χ1v) is 9.70. The van der Waals surface area contributed by atoms with E-state index in [1.165, 1.54) is 0 Å². The van der Waals surface area contributed by atoms with Crippen molar-refractivity contribution in [2.45, 2.75) is 6.92 Å². The minimum atomic E-state index is 0.666. The third-order valence-electron chi connectivity index (χ3n) is 4.65. The first-order chi connectivity index (χ1) is 13.6. The summed E-state index contributed by atoms with van der Waals surface area (Å²) in [5.74, 6) is 1.45. The molecule has 8 nitrogen and oxygen atoms in total. The standard InChI is InChI=1S/C20H30N8/c1-5-28(4)13-11-22-19-17-20(24-14-23-17)26-18(25-19)15-8-6-7-9-16(15)21-10-12-27(2)3/h6-9,14,21H,5,10-13H2,1-4H3,(H2,22,23,24,25,26). The highest BCUT2D eigenvalue weighted by Crippen LogP contribution is 2.28. The van der Waals surface area contributed by atoms with Gasteiger partial charge in [0.05, 0.1) is 6.33 Å². The van der Waals surface area contributed by atoms with Crippen LogP contribution in [0, 0.1) is 0 Å². The van der Waals surface area contributed by atoms with Gasteiger partial charge in [0.25, 0.3) is 0 Å². The number of hydrogen-bond acceptors (Lipinski definition) is 7. The van der Waals surface area contributed by atoms with Gasteiger partial charge in [-0.15, -0.1) is 0 Å². The number of benzene rings is 1. The molecule has 1 aromatic carbocycles. The summed E-state index contributed by atoms with van der Waals surface area (Å²) in [5.41, 5.74) is 3.50. The highest BCUT2D eigenvalue weighted by Gasteiger charge is 2.14. The Morgan fingerprint density at radius 1 is 1.00 bits per heavy atom. The summed E-state index contributed by atoms with van der Waals surface area (Å²) in [6.07, 6.45) is 1.66. The molecule has 0 aliphatic rings. The van der Waals surface area contributed by atoms with Crippen LogP contribution in [0.15, 0.2) is 30.6 Å². The zero-order valence-electron chi connectivity index (χ0n) is 17.2. The molecular weight excluding hydrogens is 352 g/mol. The fourth-order valence-corrected chi connectivity index (χ4v) is 2.85. The molecule has 0 aliphatic carbocycles. The van der Waals surface area contributed by atoms with Gasteiger partial charge in [0.1, 0.15) is 5.52 Å². The van der Waals surface area contributed by atoms with E-state index in [9.17, 15) is 0 Å². The molecule has 0 saturated heterocycles. The number of para-hydroxylation sites is 1. The van der Waals surface area contributed by atoms with Crippen LogP contribution < -0.4 is 10.6 Å². The number of fused-ring (bicyclic) bond motifs is 1. The van der Waals surface area contributed by atoms with Crippen LogP contribution in [-0.2, 0) is 0 Å². The van der Waals surface area contributed by atoms with Gasteiger partial charge in [0.2, 0.25) is 0 Å². The first kappa shape index (κ1) is 20.0. The van der Waals surface area contributed by atoms with Crippen molar-refractivity contribution >= 4 is 22.7 Å². The lowest BCUT2D eigenvalue weighted by atomic mass is 10.1. The summed E-state index contributed by atoms with van der Waals surface area (Å²) in [7, 11) is 6.24. The molecule has 8 heteroatoms. The van der Waals surface area contributed by atoms with Crippen molar-refractivity contribution in [1.82, 2.24) is 29.7 Å². The molecule has 0 unspecified atom stereocenters. The van der Waals surface area contributed by atoms with E-state index in [0.717, 1.165) is 55.3 Å². The molecule has 2 heterocycles. The van der Waals surface area contributed by atoms with Crippen molar-refractivity contribution in [1.29, 1.82) is 0 Å². The third-order valence-corrected chi connectivity index (χ3v) is 4.65. The number of imidazole rings is 1. The molecule has 2 aromatic heterocycles. The van der Waals surface area contributed by atoms with Gasteiger partial charge in [-0.2, -0.15) is 0 Å². The van der Waals surface area contributed by atoms with Crippen molar-refractivity contribution in [2.75, 3.05) is 64.5 Å². The van der Waals surface area contributed by atoms with E-state index in [0.29, 0.717) is 11.5 Å². The highest BCUT2D eigenvalue weighted by atomic mass is 15.1. The number of hydrogen-bond donors (Lipinski definition) is 3. The van der Waals surface area contributed by atoms with Gasteiger partial charge in [-0.3, -0.25) is 0 Å². The lowest BCUT2D eigenvalue weighted by Crippen LogP contribution is -2.25. The minimum Gasteiger partial charge on any atom is -0.383 e. The average Bonchev–Trinajstić information content (AvgIpc) is 3.16. The molecule has 0 atom stereocenters. The molecule has 28 heavy (non-hydrogen) atoms. The zero-order chi connectivity index (χ0) is 19.9. The number of nitrogens with one attached hydrogen (secondary N) is 3. The van der Waals surface area contributed by atoms with E-state index in [1.54, 1.807) is 6.33 Å². The van der Waals surface area contributed by atoms with Crippen LogP contribution in [0.25, 0.3) is 22.6 Å². The van der Waals surface area contributed by atoms with E-state index >= 15 is 0 Å². The van der Waals surface area contributed by atoms with Crippen LogP contribution in [0.3, 0.4) is 0 Å². The number of anilines is 2. The summed E-state index contributed by atoms with van der Waals surface area (Å²) in [5, 5.41) is 6.93. The molecule has 0 amide bonds. The number of aromatic nitrogens is 4. The number of H-pyrrole nitrogens is 1. The van der Waals surface area contributed by atoms with Gasteiger partial charge in [0, 0.05) is 37.4 Å². The first-order valence-electron chi connectivity index (χ1n) is 9.70. The molecular formula is C20H30N8. The summed E-state index contributed by atoms with van der Waals surface area (Å²) in [6, 6.07) is 8.13. The van der Waals surface area contributed by atoms with Crippen LogP contribution in [0.1, 0.15) is 6.92 Å². The molecule has 3 rings (SSSR count). The largest absolute Gasteiger partial charge is 0.383 e. The molecule has 3 aromatic rings. The maximum absolute atomic E-state index is 4.81. The Morgan fingerprint density at radius 2 is 1.79 bits per heavy atom. The predicted molar refractivity (Wildman–Crippen MR) is 116 cm³/mol. The van der Waals surface area contributed by atoms with Crippen molar-refractivity contribution < 1.29 is 0 Å². The summed E-state index contributed by atoms with van der Waals surface area (Å²) in [4.78, 5) is 21.4. The predicted octanol–water partition coefficient (Wildman–Crippen LogP) is 2.36. The molecule has 3 N–H and O–H groups in total. The van der Waals surface area contributed by atoms with Gasteiger partial charge in [0.15, 0.2) is 17.3 Å². The Balaban J connectivity index is 1.87. The zero-order valence-corrected chi connectivity index (χ0v) is 17.2. The second-order valence-electron chi connectivity index (χ2n) is 7.10. The normalized spacial score (nSPS) is 11.5. The van der Waals surface area contributed by atoms with Crippen LogP contribution in [0.4, 0.5) is 11.5 Å². The van der Waals surface area contributed by atoms with Crippen LogP contribution >= 0.6 is 0 Å². The fraction of sp³-hybridized carbons (Fsp3) is 0.450. The van der Waals surface area contributed by atoms with Crippen LogP contribution in [0.2, 0.25) is 0 Å². The lowest BCUT2D eigenvalue weighted by Gasteiger charge is -2.16. The average molecular weight is 383 g/mol. The van der Waals surface area contributed by atoms with Gasteiger partial charge in [-0.05, 0) is 39.8 Å². The molecule has 0 radical (unpaired) electrons. The second-order valence-corrected chi connectivity index (χ2v) is 7.10. The Bertz CT molecular complexity index is 889. The third kappa shape index (κ3) is 4.96. The summed E-state index contributed by atoms with van der Waals surface area (Å²) in [6.45, 7) is 6.71. The molecule has 0 spiro atoms. The van der Waals surface area contributed by atoms with Gasteiger partial charge in [-0.25, -0.2) is 15.0 Å². The van der Waals surface area contributed by atoms with Crippen molar-refractivity contribution in [3.05, 3.63) is 30.6 Å². The topological polar surface area (TPSA) is 85.0 Å². The van der Waals surface area contributed by atoms with Crippen LogP contribution in [-0.4, -0.2) is 83.6 Å². The van der Waals surface area contributed by atoms with Gasteiger partial charge in [-0.1, -0.05) is 19.1 Å². The smallest absolute Gasteiger partial charge is 0.183 e. The Hall–Kier alpha value is -2.71. The second kappa shape index (κ2) is 9.48. The van der Waals surface area contributed by atoms with Crippen molar-refractivity contribution in [3.63, 3.8) is 0 Å². The monoisotopic (exact) mass is 382 g/mol.